The van der Waals surface area contributed by atoms with Crippen molar-refractivity contribution in [1.82, 2.24) is 10.2 Å². The van der Waals surface area contributed by atoms with Crippen molar-refractivity contribution in [1.29, 1.82) is 0 Å². The highest BCUT2D eigenvalue weighted by Gasteiger charge is 2.40. The highest BCUT2D eigenvalue weighted by Crippen LogP contribution is 2.29. The summed E-state index contributed by atoms with van der Waals surface area (Å²) in [5.74, 6) is -1.48. The van der Waals surface area contributed by atoms with Crippen molar-refractivity contribution in [3.63, 3.8) is 0 Å². The number of halogens is 1. The summed E-state index contributed by atoms with van der Waals surface area (Å²) in [4.78, 5) is 41.9. The van der Waals surface area contributed by atoms with E-state index in [4.69, 9.17) is 4.74 Å². The van der Waals surface area contributed by atoms with E-state index in [1.165, 1.54) is 12.0 Å². The number of ether oxygens (including phenoxy) is 1. The van der Waals surface area contributed by atoms with E-state index in [1.54, 1.807) is 48.5 Å². The molecule has 0 aliphatic carbocycles. The van der Waals surface area contributed by atoms with Gasteiger partial charge in [-0.2, -0.15) is 0 Å². The van der Waals surface area contributed by atoms with Crippen molar-refractivity contribution in [2.24, 2.45) is 0 Å². The van der Waals surface area contributed by atoms with Crippen molar-refractivity contribution in [2.45, 2.75) is 25.0 Å². The van der Waals surface area contributed by atoms with E-state index in [-0.39, 0.29) is 13.0 Å². The second kappa shape index (κ2) is 12.9. The molecule has 0 aromatic heterocycles. The number of carbonyl (C=O) groups excluding carboxylic acids is 3. The molecule has 0 fully saturated rings. The van der Waals surface area contributed by atoms with E-state index in [9.17, 15) is 14.4 Å². The normalized spacial score (nSPS) is 12.2. The van der Waals surface area contributed by atoms with Gasteiger partial charge < -0.3 is 15.0 Å². The van der Waals surface area contributed by atoms with Gasteiger partial charge in [0, 0.05) is 10.1 Å². The van der Waals surface area contributed by atoms with Gasteiger partial charge in [-0.25, -0.2) is 4.79 Å². The van der Waals surface area contributed by atoms with Crippen LogP contribution in [0.15, 0.2) is 97.6 Å². The Hall–Kier alpha value is -3.46. The molecule has 1 N–H and O–H groups in total. The van der Waals surface area contributed by atoms with Gasteiger partial charge in [-0.05, 0) is 52.3 Å². The van der Waals surface area contributed by atoms with Gasteiger partial charge in [-0.1, -0.05) is 78.9 Å². The smallest absolute Gasteiger partial charge is 0.328 e. The summed E-state index contributed by atoms with van der Waals surface area (Å²) in [7, 11) is 1.26. The molecule has 0 aliphatic rings. The lowest BCUT2D eigenvalue weighted by molar-refractivity contribution is -0.147. The summed E-state index contributed by atoms with van der Waals surface area (Å²) >= 11 is 2.08. The Morgan fingerprint density at radius 3 is 2.17 bits per heavy atom. The lowest BCUT2D eigenvalue weighted by Crippen LogP contribution is -2.52. The second-order valence-corrected chi connectivity index (χ2v) is 8.93. The largest absolute Gasteiger partial charge is 0.467 e. The van der Waals surface area contributed by atoms with Gasteiger partial charge in [-0.3, -0.25) is 9.59 Å². The van der Waals surface area contributed by atoms with Crippen molar-refractivity contribution < 1.29 is 19.1 Å². The minimum absolute atomic E-state index is 0.122. The van der Waals surface area contributed by atoms with Crippen LogP contribution >= 0.6 is 22.6 Å². The van der Waals surface area contributed by atoms with E-state index >= 15 is 0 Å². The van der Waals surface area contributed by atoms with E-state index in [0.29, 0.717) is 14.7 Å². The zero-order valence-corrected chi connectivity index (χ0v) is 21.6. The highest BCUT2D eigenvalue weighted by molar-refractivity contribution is 14.1. The van der Waals surface area contributed by atoms with E-state index in [0.717, 1.165) is 5.56 Å². The number of carbonyl (C=O) groups is 3. The lowest BCUT2D eigenvalue weighted by atomic mass is 9.99. The Bertz CT molecular complexity index is 1170. The number of esters is 1. The summed E-state index contributed by atoms with van der Waals surface area (Å²) in [6.07, 6.45) is 1.67. The first-order valence-electron chi connectivity index (χ1n) is 11.1. The minimum Gasteiger partial charge on any atom is -0.467 e. The quantitative estimate of drug-likeness (QED) is 0.210. The van der Waals surface area contributed by atoms with Crippen LogP contribution in [0, 0.1) is 3.57 Å². The first kappa shape index (κ1) is 26.2. The van der Waals surface area contributed by atoms with Gasteiger partial charge >= 0.3 is 5.97 Å². The zero-order valence-electron chi connectivity index (χ0n) is 19.4. The SMILES string of the molecule is C=CCC(C(=O)OC)N(C(=O)c1ccccc1I)C(C(=O)NCc1ccccc1)c1ccccc1. The fourth-order valence-corrected chi connectivity index (χ4v) is 4.40. The average molecular weight is 582 g/mol. The molecule has 3 rings (SSSR count). The van der Waals surface area contributed by atoms with Gasteiger partial charge in [0.15, 0.2) is 0 Å². The summed E-state index contributed by atoms with van der Waals surface area (Å²) in [5, 5.41) is 2.94. The third kappa shape index (κ3) is 6.57. The third-order valence-electron chi connectivity index (χ3n) is 5.49. The molecule has 2 amide bonds. The Balaban J connectivity index is 2.11. The van der Waals surface area contributed by atoms with Crippen molar-refractivity contribution in [3.05, 3.63) is 118 Å². The summed E-state index contributed by atoms with van der Waals surface area (Å²) < 4.78 is 5.75. The fourth-order valence-electron chi connectivity index (χ4n) is 3.79. The maximum atomic E-state index is 14.0. The van der Waals surface area contributed by atoms with Crippen LogP contribution in [0.3, 0.4) is 0 Å². The Kier molecular flexibility index (Phi) is 9.60. The molecule has 0 heterocycles. The van der Waals surface area contributed by atoms with Crippen LogP contribution in [0.4, 0.5) is 0 Å². The van der Waals surface area contributed by atoms with Crippen molar-refractivity contribution in [3.8, 4) is 0 Å². The van der Waals surface area contributed by atoms with E-state index in [2.05, 4.69) is 34.5 Å². The first-order valence-corrected chi connectivity index (χ1v) is 12.2. The molecule has 0 radical (unpaired) electrons. The number of nitrogens with one attached hydrogen (secondary N) is 1. The number of amides is 2. The van der Waals surface area contributed by atoms with Crippen molar-refractivity contribution >= 4 is 40.4 Å². The Morgan fingerprint density at radius 2 is 1.57 bits per heavy atom. The van der Waals surface area contributed by atoms with Crippen LogP contribution in [0.5, 0.6) is 0 Å². The zero-order chi connectivity index (χ0) is 25.2. The first-order chi connectivity index (χ1) is 17.0. The minimum atomic E-state index is -1.08. The number of benzene rings is 3. The number of rotatable bonds is 10. The number of methoxy groups -OCH3 is 1. The maximum Gasteiger partial charge on any atom is 0.328 e. The molecule has 0 spiro atoms. The van der Waals surface area contributed by atoms with Crippen LogP contribution < -0.4 is 5.32 Å². The van der Waals surface area contributed by atoms with Gasteiger partial charge in [0.2, 0.25) is 5.91 Å². The lowest BCUT2D eigenvalue weighted by Gasteiger charge is -2.36. The van der Waals surface area contributed by atoms with Gasteiger partial charge in [0.25, 0.3) is 5.91 Å². The molecule has 0 aliphatic heterocycles. The molecule has 2 unspecified atom stereocenters. The summed E-state index contributed by atoms with van der Waals surface area (Å²) in [6, 6.07) is 23.4. The average Bonchev–Trinajstić information content (AvgIpc) is 2.90. The molecule has 0 saturated carbocycles. The predicted molar refractivity (Wildman–Crippen MR) is 143 cm³/mol. The third-order valence-corrected chi connectivity index (χ3v) is 6.43. The van der Waals surface area contributed by atoms with Crippen LogP contribution in [-0.2, 0) is 20.9 Å². The predicted octanol–water partition coefficient (Wildman–Crippen LogP) is 4.91. The van der Waals surface area contributed by atoms with E-state index < -0.39 is 29.9 Å². The number of hydrogen-bond acceptors (Lipinski definition) is 4. The highest BCUT2D eigenvalue weighted by atomic mass is 127. The number of nitrogens with zero attached hydrogens (tertiary/aromatic N) is 1. The standard InChI is InChI=1S/C28H27IN2O4/c1-3-12-24(28(34)35-2)31(27(33)22-17-10-11-18-23(22)29)25(21-15-8-5-9-16-21)26(32)30-19-20-13-6-4-7-14-20/h3-11,13-18,24-25H,1,12,19H2,2H3,(H,30,32). The molecule has 3 aromatic carbocycles. The van der Waals surface area contributed by atoms with Crippen LogP contribution in [-0.4, -0.2) is 35.8 Å². The number of hydrogen-bond donors (Lipinski definition) is 1. The second-order valence-electron chi connectivity index (χ2n) is 7.77. The molecule has 2 atom stereocenters. The Morgan fingerprint density at radius 1 is 0.971 bits per heavy atom. The van der Waals surface area contributed by atoms with Crippen LogP contribution in [0.25, 0.3) is 0 Å². The molecule has 35 heavy (non-hydrogen) atoms. The molecule has 0 bridgehead atoms. The molecule has 6 nitrogen and oxygen atoms in total. The van der Waals surface area contributed by atoms with Crippen molar-refractivity contribution in [2.75, 3.05) is 7.11 Å². The molecular formula is C28H27IN2O4. The van der Waals surface area contributed by atoms with Gasteiger partial charge in [-0.15, -0.1) is 6.58 Å². The molecule has 3 aromatic rings. The molecular weight excluding hydrogens is 555 g/mol. The summed E-state index contributed by atoms with van der Waals surface area (Å²) in [6.45, 7) is 4.03. The Labute approximate surface area is 219 Å². The topological polar surface area (TPSA) is 75.7 Å². The van der Waals surface area contributed by atoms with E-state index in [1.807, 2.05) is 42.5 Å². The monoisotopic (exact) mass is 582 g/mol. The van der Waals surface area contributed by atoms with Gasteiger partial charge in [0.05, 0.1) is 12.7 Å². The molecule has 0 saturated heterocycles. The summed E-state index contributed by atoms with van der Waals surface area (Å²) in [5.41, 5.74) is 1.89. The van der Waals surface area contributed by atoms with Crippen LogP contribution in [0.2, 0.25) is 0 Å². The maximum absolute atomic E-state index is 14.0. The molecule has 7 heteroatoms. The molecule has 180 valence electrons. The van der Waals surface area contributed by atoms with Gasteiger partial charge in [0.1, 0.15) is 12.1 Å². The van der Waals surface area contributed by atoms with Crippen LogP contribution in [0.1, 0.15) is 33.9 Å². The fraction of sp³-hybridized carbons (Fsp3) is 0.179.